The van der Waals surface area contributed by atoms with Gasteiger partial charge in [0.2, 0.25) is 5.91 Å². The summed E-state index contributed by atoms with van der Waals surface area (Å²) in [6.07, 6.45) is 2.89. The van der Waals surface area contributed by atoms with Crippen LogP contribution < -0.4 is 5.73 Å². The third-order valence-electron chi connectivity index (χ3n) is 5.17. The lowest BCUT2D eigenvalue weighted by Crippen LogP contribution is -2.40. The molecule has 3 aromatic rings. The number of hydrogen-bond acceptors (Lipinski definition) is 6. The maximum atomic E-state index is 12.3. The fourth-order valence-electron chi connectivity index (χ4n) is 3.40. The average molecular weight is 404 g/mol. The van der Waals surface area contributed by atoms with Crippen molar-refractivity contribution in [3.8, 4) is 5.69 Å². The molecule has 1 aromatic heterocycles. The highest BCUT2D eigenvalue weighted by Crippen LogP contribution is 2.16. The molecule has 154 valence electrons. The number of morpholine rings is 1. The van der Waals surface area contributed by atoms with Gasteiger partial charge in [-0.3, -0.25) is 10.2 Å². The van der Waals surface area contributed by atoms with E-state index in [2.05, 4.69) is 10.3 Å². The standard InChI is InChI=1S/C22H24N6O2/c23-19-4-2-1-3-18(19)22(24)20-15-28(26-25-20)17-8-5-16(6-9-17)7-10-21(29)27-11-13-30-14-12-27/h1-6,8-9,15,24H,7,10-14,23H2. The van der Waals surface area contributed by atoms with Gasteiger partial charge in [-0.15, -0.1) is 5.10 Å². The normalized spacial score (nSPS) is 13.9. The number of nitrogens with two attached hydrogens (primary N) is 1. The Bertz CT molecular complexity index is 1040. The Hall–Kier alpha value is -3.52. The molecule has 1 aliphatic rings. The monoisotopic (exact) mass is 404 g/mol. The van der Waals surface area contributed by atoms with Gasteiger partial charge in [-0.2, -0.15) is 0 Å². The van der Waals surface area contributed by atoms with Gasteiger partial charge in [-0.1, -0.05) is 35.5 Å². The number of anilines is 1. The summed E-state index contributed by atoms with van der Waals surface area (Å²) in [5.74, 6) is 0.169. The largest absolute Gasteiger partial charge is 0.398 e. The lowest BCUT2D eigenvalue weighted by Gasteiger charge is -2.26. The number of carbonyl (C=O) groups is 1. The van der Waals surface area contributed by atoms with Crippen LogP contribution in [0.15, 0.2) is 54.7 Å². The van der Waals surface area contributed by atoms with E-state index in [9.17, 15) is 4.79 Å². The second-order valence-corrected chi connectivity index (χ2v) is 7.17. The van der Waals surface area contributed by atoms with Crippen molar-refractivity contribution in [3.05, 3.63) is 71.5 Å². The van der Waals surface area contributed by atoms with Crippen LogP contribution in [-0.4, -0.2) is 57.8 Å². The minimum absolute atomic E-state index is 0.169. The Kier molecular flexibility index (Phi) is 5.85. The number of rotatable bonds is 6. The molecule has 0 bridgehead atoms. The molecule has 2 heterocycles. The molecule has 8 heteroatoms. The van der Waals surface area contributed by atoms with Crippen molar-refractivity contribution in [1.82, 2.24) is 19.9 Å². The lowest BCUT2D eigenvalue weighted by molar-refractivity contribution is -0.135. The second-order valence-electron chi connectivity index (χ2n) is 7.17. The van der Waals surface area contributed by atoms with Gasteiger partial charge in [0.25, 0.3) is 0 Å². The molecule has 0 spiro atoms. The first-order chi connectivity index (χ1) is 14.6. The summed E-state index contributed by atoms with van der Waals surface area (Å²) in [4.78, 5) is 14.2. The van der Waals surface area contributed by atoms with Crippen LogP contribution in [0.2, 0.25) is 0 Å². The van der Waals surface area contributed by atoms with Crippen molar-refractivity contribution in [1.29, 1.82) is 5.41 Å². The van der Waals surface area contributed by atoms with E-state index in [4.69, 9.17) is 15.9 Å². The van der Waals surface area contributed by atoms with Gasteiger partial charge in [0.05, 0.1) is 30.8 Å². The van der Waals surface area contributed by atoms with Crippen LogP contribution >= 0.6 is 0 Å². The molecular weight excluding hydrogens is 380 g/mol. The first kappa shape index (κ1) is 19.8. The minimum atomic E-state index is 0.169. The number of carbonyl (C=O) groups excluding carboxylic acids is 1. The van der Waals surface area contributed by atoms with Crippen molar-refractivity contribution in [2.45, 2.75) is 12.8 Å². The van der Waals surface area contributed by atoms with Gasteiger partial charge >= 0.3 is 0 Å². The van der Waals surface area contributed by atoms with Gasteiger partial charge < -0.3 is 15.4 Å². The molecule has 1 fully saturated rings. The maximum absolute atomic E-state index is 12.3. The topological polar surface area (TPSA) is 110 Å². The smallest absolute Gasteiger partial charge is 0.223 e. The van der Waals surface area contributed by atoms with Crippen LogP contribution in [-0.2, 0) is 16.0 Å². The zero-order chi connectivity index (χ0) is 20.9. The van der Waals surface area contributed by atoms with Gasteiger partial charge in [0.15, 0.2) is 0 Å². The number of aryl methyl sites for hydroxylation is 1. The summed E-state index contributed by atoms with van der Waals surface area (Å²) in [6.45, 7) is 2.59. The van der Waals surface area contributed by atoms with Crippen molar-refractivity contribution in [2.24, 2.45) is 0 Å². The third-order valence-corrected chi connectivity index (χ3v) is 5.17. The van der Waals surface area contributed by atoms with Crippen molar-refractivity contribution in [2.75, 3.05) is 32.0 Å². The van der Waals surface area contributed by atoms with E-state index in [1.54, 1.807) is 23.0 Å². The van der Waals surface area contributed by atoms with E-state index in [0.29, 0.717) is 56.1 Å². The Morgan fingerprint density at radius 3 is 2.57 bits per heavy atom. The molecule has 0 radical (unpaired) electrons. The van der Waals surface area contributed by atoms with E-state index in [1.165, 1.54) is 0 Å². The first-order valence-electron chi connectivity index (χ1n) is 9.93. The molecule has 3 N–H and O–H groups in total. The molecule has 0 aliphatic carbocycles. The molecule has 1 saturated heterocycles. The van der Waals surface area contributed by atoms with E-state index in [0.717, 1.165) is 11.3 Å². The number of amides is 1. The first-order valence-corrected chi connectivity index (χ1v) is 9.93. The highest BCUT2D eigenvalue weighted by Gasteiger charge is 2.16. The quantitative estimate of drug-likeness (QED) is 0.483. The second kappa shape index (κ2) is 8.87. The van der Waals surface area contributed by atoms with Gasteiger partial charge in [-0.25, -0.2) is 4.68 Å². The predicted octanol–water partition coefficient (Wildman–Crippen LogP) is 2.06. The summed E-state index contributed by atoms with van der Waals surface area (Å²) in [5.41, 5.74) is 9.74. The number of aromatic nitrogens is 3. The van der Waals surface area contributed by atoms with Gasteiger partial charge in [0, 0.05) is 30.8 Å². The van der Waals surface area contributed by atoms with E-state index in [1.807, 2.05) is 41.3 Å². The zero-order valence-corrected chi connectivity index (χ0v) is 16.6. The Balaban J connectivity index is 1.39. The van der Waals surface area contributed by atoms with Gasteiger partial charge in [0.1, 0.15) is 5.69 Å². The number of nitrogens with one attached hydrogen (secondary N) is 1. The van der Waals surface area contributed by atoms with E-state index in [-0.39, 0.29) is 11.6 Å². The highest BCUT2D eigenvalue weighted by atomic mass is 16.5. The van der Waals surface area contributed by atoms with Crippen molar-refractivity contribution >= 4 is 17.3 Å². The zero-order valence-electron chi connectivity index (χ0n) is 16.6. The molecule has 8 nitrogen and oxygen atoms in total. The minimum Gasteiger partial charge on any atom is -0.398 e. The van der Waals surface area contributed by atoms with Crippen LogP contribution in [0.25, 0.3) is 5.69 Å². The Labute approximate surface area is 174 Å². The molecular formula is C22H24N6O2. The number of para-hydroxylation sites is 1. The fraction of sp³-hybridized carbons (Fsp3) is 0.273. The molecule has 1 aliphatic heterocycles. The van der Waals surface area contributed by atoms with Crippen molar-refractivity contribution in [3.63, 3.8) is 0 Å². The fourth-order valence-corrected chi connectivity index (χ4v) is 3.40. The maximum Gasteiger partial charge on any atom is 0.223 e. The van der Waals surface area contributed by atoms with Crippen LogP contribution in [0.1, 0.15) is 23.2 Å². The van der Waals surface area contributed by atoms with Crippen molar-refractivity contribution < 1.29 is 9.53 Å². The molecule has 2 aromatic carbocycles. The van der Waals surface area contributed by atoms with Gasteiger partial charge in [-0.05, 0) is 30.2 Å². The molecule has 0 unspecified atom stereocenters. The highest BCUT2D eigenvalue weighted by molar-refractivity contribution is 6.12. The predicted molar refractivity (Wildman–Crippen MR) is 114 cm³/mol. The summed E-state index contributed by atoms with van der Waals surface area (Å²) in [5, 5.41) is 16.6. The van der Waals surface area contributed by atoms with Crippen LogP contribution in [0.5, 0.6) is 0 Å². The molecule has 30 heavy (non-hydrogen) atoms. The van der Waals surface area contributed by atoms with E-state index >= 15 is 0 Å². The Morgan fingerprint density at radius 1 is 1.10 bits per heavy atom. The Morgan fingerprint density at radius 2 is 1.83 bits per heavy atom. The number of ether oxygens (including phenoxy) is 1. The SMILES string of the molecule is N=C(c1cn(-c2ccc(CCC(=O)N3CCOCC3)cc2)nn1)c1ccccc1N. The number of hydrogen-bond donors (Lipinski definition) is 2. The molecule has 0 saturated carbocycles. The van der Waals surface area contributed by atoms with Crippen LogP contribution in [0, 0.1) is 5.41 Å². The average Bonchev–Trinajstić information content (AvgIpc) is 3.28. The summed E-state index contributed by atoms with van der Waals surface area (Å²) >= 11 is 0. The lowest BCUT2D eigenvalue weighted by atomic mass is 10.1. The summed E-state index contributed by atoms with van der Waals surface area (Å²) in [7, 11) is 0. The summed E-state index contributed by atoms with van der Waals surface area (Å²) < 4.78 is 6.92. The van der Waals surface area contributed by atoms with E-state index < -0.39 is 0 Å². The number of nitrogens with zero attached hydrogens (tertiary/aromatic N) is 4. The number of nitrogen functional groups attached to an aromatic ring is 1. The summed E-state index contributed by atoms with van der Waals surface area (Å²) in [6, 6.07) is 15.1. The number of benzene rings is 2. The van der Waals surface area contributed by atoms with Crippen LogP contribution in [0.4, 0.5) is 5.69 Å². The molecule has 4 rings (SSSR count). The third kappa shape index (κ3) is 4.38. The van der Waals surface area contributed by atoms with Crippen LogP contribution in [0.3, 0.4) is 0 Å². The molecule has 1 amide bonds. The molecule has 0 atom stereocenters.